The Morgan fingerprint density at radius 3 is 2.79 bits per heavy atom. The molecular formula is C23H29FN4O. The Bertz CT molecular complexity index is 971. The third kappa shape index (κ3) is 3.72. The quantitative estimate of drug-likeness (QED) is 0.741. The first kappa shape index (κ1) is 19.8. The van der Waals surface area contributed by atoms with Crippen LogP contribution in [0.15, 0.2) is 29.8 Å². The van der Waals surface area contributed by atoms with Crippen molar-refractivity contribution in [3.8, 4) is 11.4 Å². The average molecular weight is 397 g/mol. The molecule has 0 saturated heterocycles. The Kier molecular flexibility index (Phi) is 5.05. The molecular weight excluding hydrogens is 367 g/mol. The van der Waals surface area contributed by atoms with Crippen LogP contribution >= 0.6 is 0 Å². The molecule has 0 radical (unpaired) electrons. The molecule has 154 valence electrons. The highest BCUT2D eigenvalue weighted by Crippen LogP contribution is 2.59. The van der Waals surface area contributed by atoms with E-state index < -0.39 is 0 Å². The Labute approximate surface area is 171 Å². The molecule has 1 aromatic heterocycles. The third-order valence-electron chi connectivity index (χ3n) is 6.29. The minimum atomic E-state index is -0.350. The lowest BCUT2D eigenvalue weighted by Crippen LogP contribution is -2.17. The summed E-state index contributed by atoms with van der Waals surface area (Å²) in [5, 5.41) is 11.5. The maximum absolute atomic E-state index is 14.6. The number of allylic oxidation sites excluding steroid dienone is 2. The van der Waals surface area contributed by atoms with E-state index in [0.29, 0.717) is 17.1 Å². The second kappa shape index (κ2) is 7.39. The largest absolute Gasteiger partial charge is 0.326 e. The van der Waals surface area contributed by atoms with E-state index in [4.69, 9.17) is 0 Å². The Morgan fingerprint density at radius 2 is 2.03 bits per heavy atom. The van der Waals surface area contributed by atoms with Gasteiger partial charge in [0.25, 0.3) is 0 Å². The predicted octanol–water partition coefficient (Wildman–Crippen LogP) is 4.99. The average Bonchev–Trinajstić information content (AvgIpc) is 3.09. The number of anilines is 1. The van der Waals surface area contributed by atoms with E-state index in [1.807, 2.05) is 4.57 Å². The molecule has 0 bridgehead atoms. The van der Waals surface area contributed by atoms with Gasteiger partial charge in [0.05, 0.1) is 11.5 Å². The first-order chi connectivity index (χ1) is 13.8. The van der Waals surface area contributed by atoms with Gasteiger partial charge in [0.2, 0.25) is 5.91 Å². The topological polar surface area (TPSA) is 59.8 Å². The van der Waals surface area contributed by atoms with Crippen LogP contribution in [-0.4, -0.2) is 20.7 Å². The van der Waals surface area contributed by atoms with E-state index in [9.17, 15) is 9.18 Å². The van der Waals surface area contributed by atoms with Crippen LogP contribution in [0.5, 0.6) is 0 Å². The molecule has 2 heterocycles. The molecule has 5 nitrogen and oxygen atoms in total. The highest BCUT2D eigenvalue weighted by Gasteiger charge is 2.60. The summed E-state index contributed by atoms with van der Waals surface area (Å²) in [5.41, 5.74) is 2.14. The Morgan fingerprint density at radius 1 is 1.24 bits per heavy atom. The standard InChI is InChI=1S/C23H29FN4O/c1-14(2)12-17-20(23(17,3)4)22(29)25-15-9-10-18(24)16(13-15)21-27-26-19-8-6-5-7-11-28(19)21/h9-10,12-13,17,20H,5-8,11H2,1-4H3,(H,25,29). The highest BCUT2D eigenvalue weighted by atomic mass is 19.1. The van der Waals surface area contributed by atoms with E-state index in [0.717, 1.165) is 38.1 Å². The minimum Gasteiger partial charge on any atom is -0.326 e. The zero-order valence-corrected chi connectivity index (χ0v) is 17.6. The molecule has 4 rings (SSSR count). The molecule has 0 spiro atoms. The van der Waals surface area contributed by atoms with Gasteiger partial charge in [-0.25, -0.2) is 4.39 Å². The van der Waals surface area contributed by atoms with Crippen molar-refractivity contribution < 1.29 is 9.18 Å². The fourth-order valence-corrected chi connectivity index (χ4v) is 4.53. The second-order valence-electron chi connectivity index (χ2n) is 9.15. The zero-order chi connectivity index (χ0) is 20.8. The van der Waals surface area contributed by atoms with Crippen LogP contribution < -0.4 is 5.32 Å². The number of nitrogens with zero attached hydrogens (tertiary/aromatic N) is 3. The summed E-state index contributed by atoms with van der Waals surface area (Å²) in [6.07, 6.45) is 6.31. The van der Waals surface area contributed by atoms with Crippen LogP contribution in [0.25, 0.3) is 11.4 Å². The van der Waals surface area contributed by atoms with Crippen molar-refractivity contribution >= 4 is 11.6 Å². The molecule has 1 aliphatic heterocycles. The summed E-state index contributed by atoms with van der Waals surface area (Å²) in [4.78, 5) is 12.9. The van der Waals surface area contributed by atoms with Crippen molar-refractivity contribution in [2.45, 2.75) is 59.9 Å². The van der Waals surface area contributed by atoms with Gasteiger partial charge in [-0.15, -0.1) is 10.2 Å². The van der Waals surface area contributed by atoms with Crippen molar-refractivity contribution in [1.29, 1.82) is 0 Å². The van der Waals surface area contributed by atoms with Gasteiger partial charge in [0.1, 0.15) is 11.6 Å². The molecule has 2 aromatic rings. The zero-order valence-electron chi connectivity index (χ0n) is 17.6. The van der Waals surface area contributed by atoms with Gasteiger partial charge >= 0.3 is 0 Å². The van der Waals surface area contributed by atoms with E-state index in [-0.39, 0.29) is 29.0 Å². The van der Waals surface area contributed by atoms with Gasteiger partial charge in [-0.1, -0.05) is 31.9 Å². The molecule has 1 saturated carbocycles. The summed E-state index contributed by atoms with van der Waals surface area (Å²) in [7, 11) is 0. The van der Waals surface area contributed by atoms with E-state index in [1.54, 1.807) is 12.1 Å². The number of rotatable bonds is 4. The van der Waals surface area contributed by atoms with Crippen molar-refractivity contribution in [3.63, 3.8) is 0 Å². The lowest BCUT2D eigenvalue weighted by molar-refractivity contribution is -0.118. The molecule has 6 heteroatoms. The number of hydrogen-bond donors (Lipinski definition) is 1. The number of benzene rings is 1. The van der Waals surface area contributed by atoms with Crippen molar-refractivity contribution in [2.24, 2.45) is 17.3 Å². The number of amides is 1. The number of nitrogens with one attached hydrogen (secondary N) is 1. The maximum atomic E-state index is 14.6. The van der Waals surface area contributed by atoms with E-state index >= 15 is 0 Å². The van der Waals surface area contributed by atoms with Gasteiger partial charge in [0, 0.05) is 18.7 Å². The number of carbonyl (C=O) groups is 1. The van der Waals surface area contributed by atoms with Crippen LogP contribution in [-0.2, 0) is 17.8 Å². The third-order valence-corrected chi connectivity index (χ3v) is 6.29. The predicted molar refractivity (Wildman–Crippen MR) is 112 cm³/mol. The molecule has 1 aromatic carbocycles. The number of aromatic nitrogens is 3. The van der Waals surface area contributed by atoms with Crippen LogP contribution in [0.2, 0.25) is 0 Å². The number of aryl methyl sites for hydroxylation is 1. The molecule has 1 fully saturated rings. The summed E-state index contributed by atoms with van der Waals surface area (Å²) in [5.74, 6) is 1.25. The molecule has 2 aliphatic rings. The summed E-state index contributed by atoms with van der Waals surface area (Å²) < 4.78 is 16.7. The monoisotopic (exact) mass is 396 g/mol. The highest BCUT2D eigenvalue weighted by molar-refractivity contribution is 5.96. The number of halogens is 1. The Balaban J connectivity index is 1.58. The van der Waals surface area contributed by atoms with Crippen molar-refractivity contribution in [1.82, 2.24) is 14.8 Å². The normalized spacial score (nSPS) is 22.4. The second-order valence-corrected chi connectivity index (χ2v) is 9.15. The van der Waals surface area contributed by atoms with Crippen LogP contribution in [0.1, 0.15) is 52.8 Å². The van der Waals surface area contributed by atoms with Crippen LogP contribution in [0.3, 0.4) is 0 Å². The summed E-state index contributed by atoms with van der Waals surface area (Å²) in [6.45, 7) is 9.13. The smallest absolute Gasteiger partial charge is 0.228 e. The van der Waals surface area contributed by atoms with Gasteiger partial charge in [-0.2, -0.15) is 0 Å². The lowest BCUT2D eigenvalue weighted by Gasteiger charge is -2.11. The fourth-order valence-electron chi connectivity index (χ4n) is 4.53. The minimum absolute atomic E-state index is 0.0184. The van der Waals surface area contributed by atoms with Crippen LogP contribution in [0.4, 0.5) is 10.1 Å². The van der Waals surface area contributed by atoms with Crippen LogP contribution in [0, 0.1) is 23.1 Å². The molecule has 1 N–H and O–H groups in total. The maximum Gasteiger partial charge on any atom is 0.228 e. The first-order valence-electron chi connectivity index (χ1n) is 10.5. The first-order valence-corrected chi connectivity index (χ1v) is 10.5. The lowest BCUT2D eigenvalue weighted by atomic mass is 10.1. The molecule has 1 aliphatic carbocycles. The number of carbonyl (C=O) groups excluding carboxylic acids is 1. The van der Waals surface area contributed by atoms with Crippen molar-refractivity contribution in [2.75, 3.05) is 5.32 Å². The van der Waals surface area contributed by atoms with Gasteiger partial charge < -0.3 is 9.88 Å². The number of hydrogen-bond acceptors (Lipinski definition) is 3. The summed E-state index contributed by atoms with van der Waals surface area (Å²) >= 11 is 0. The SMILES string of the molecule is CC(C)=CC1C(C(=O)Nc2ccc(F)c(-c3nnc4n3CCCCC4)c2)C1(C)C. The van der Waals surface area contributed by atoms with E-state index in [1.165, 1.54) is 11.6 Å². The van der Waals surface area contributed by atoms with Gasteiger partial charge in [-0.05, 0) is 56.2 Å². The fraction of sp³-hybridized carbons (Fsp3) is 0.522. The van der Waals surface area contributed by atoms with Gasteiger partial charge in [0.15, 0.2) is 5.82 Å². The van der Waals surface area contributed by atoms with E-state index in [2.05, 4.69) is 49.3 Å². The Hall–Kier alpha value is -2.50. The molecule has 2 atom stereocenters. The number of fused-ring (bicyclic) bond motifs is 1. The molecule has 29 heavy (non-hydrogen) atoms. The summed E-state index contributed by atoms with van der Waals surface area (Å²) in [6, 6.07) is 4.69. The molecule has 2 unspecified atom stereocenters. The molecule has 1 amide bonds. The van der Waals surface area contributed by atoms with Crippen molar-refractivity contribution in [3.05, 3.63) is 41.5 Å². The van der Waals surface area contributed by atoms with Gasteiger partial charge in [-0.3, -0.25) is 4.79 Å².